The maximum Gasteiger partial charge on any atom is 0.186 e. The highest BCUT2D eigenvalue weighted by molar-refractivity contribution is 5.14. The molecule has 0 aliphatic carbocycles. The minimum absolute atomic E-state index is 0.136. The number of ether oxygens (including phenoxy) is 3. The molecule has 0 spiro atoms. The van der Waals surface area contributed by atoms with Crippen molar-refractivity contribution in [1.82, 2.24) is 0 Å². The fourth-order valence-electron chi connectivity index (χ4n) is 2.85. The zero-order valence-electron chi connectivity index (χ0n) is 14.0. The first-order valence-electron chi connectivity index (χ1n) is 8.51. The Kier molecular flexibility index (Phi) is 6.55. The fourth-order valence-corrected chi connectivity index (χ4v) is 2.85. The lowest BCUT2D eigenvalue weighted by molar-refractivity contribution is -0.282. The van der Waals surface area contributed by atoms with Gasteiger partial charge < -0.3 is 24.4 Å². The van der Waals surface area contributed by atoms with E-state index < -0.39 is 24.6 Å². The molecule has 0 aromatic heterocycles. The van der Waals surface area contributed by atoms with Crippen LogP contribution in [0.15, 0.2) is 60.7 Å². The molecule has 3 rings (SSSR count). The summed E-state index contributed by atoms with van der Waals surface area (Å²) in [6.07, 6.45) is -2.17. The molecule has 5 heteroatoms. The van der Waals surface area contributed by atoms with Gasteiger partial charge in [-0.1, -0.05) is 60.7 Å². The average Bonchev–Trinajstić information content (AvgIpc) is 2.68. The van der Waals surface area contributed by atoms with Gasteiger partial charge in [0.1, 0.15) is 6.10 Å². The lowest BCUT2D eigenvalue weighted by atomic mass is 10.0. The Labute approximate surface area is 147 Å². The van der Waals surface area contributed by atoms with E-state index in [2.05, 4.69) is 0 Å². The molecule has 134 valence electrons. The van der Waals surface area contributed by atoms with Crippen molar-refractivity contribution in [3.8, 4) is 0 Å². The van der Waals surface area contributed by atoms with E-state index in [4.69, 9.17) is 14.2 Å². The summed E-state index contributed by atoms with van der Waals surface area (Å²) in [7, 11) is 0. The van der Waals surface area contributed by atoms with E-state index in [9.17, 15) is 10.2 Å². The standard InChI is InChI=1S/C20H24O5/c21-12-17-11-18(23-13-15-7-3-1-4-8-15)19(22)20(25-17)24-14-16-9-5-2-6-10-16/h1-10,17-22H,11-14H2. The summed E-state index contributed by atoms with van der Waals surface area (Å²) in [5.41, 5.74) is 2.02. The van der Waals surface area contributed by atoms with Crippen molar-refractivity contribution >= 4 is 0 Å². The van der Waals surface area contributed by atoms with Crippen molar-refractivity contribution in [3.63, 3.8) is 0 Å². The lowest BCUT2D eigenvalue weighted by Crippen LogP contribution is -2.51. The molecule has 1 saturated heterocycles. The van der Waals surface area contributed by atoms with Crippen LogP contribution in [0, 0.1) is 0 Å². The van der Waals surface area contributed by atoms with Crippen LogP contribution in [0.4, 0.5) is 0 Å². The zero-order chi connectivity index (χ0) is 17.5. The first-order valence-corrected chi connectivity index (χ1v) is 8.51. The molecular formula is C20H24O5. The number of aliphatic hydroxyl groups is 2. The van der Waals surface area contributed by atoms with Crippen LogP contribution >= 0.6 is 0 Å². The second-order valence-electron chi connectivity index (χ2n) is 6.17. The van der Waals surface area contributed by atoms with Crippen LogP contribution in [0.2, 0.25) is 0 Å². The van der Waals surface area contributed by atoms with Gasteiger partial charge in [-0.15, -0.1) is 0 Å². The van der Waals surface area contributed by atoms with Crippen molar-refractivity contribution in [2.24, 2.45) is 0 Å². The number of benzene rings is 2. The van der Waals surface area contributed by atoms with Gasteiger partial charge in [0.05, 0.1) is 32.0 Å². The molecule has 2 N–H and O–H groups in total. The van der Waals surface area contributed by atoms with E-state index in [-0.39, 0.29) is 6.61 Å². The second-order valence-corrected chi connectivity index (χ2v) is 6.17. The Morgan fingerprint density at radius 2 is 1.44 bits per heavy atom. The molecule has 25 heavy (non-hydrogen) atoms. The Bertz CT molecular complexity index is 565. The van der Waals surface area contributed by atoms with Crippen molar-refractivity contribution < 1.29 is 24.4 Å². The van der Waals surface area contributed by atoms with Gasteiger partial charge in [0.25, 0.3) is 0 Å². The Morgan fingerprint density at radius 3 is 2.00 bits per heavy atom. The number of aliphatic hydroxyl groups excluding tert-OH is 2. The van der Waals surface area contributed by atoms with Gasteiger partial charge in [0, 0.05) is 6.42 Å². The lowest BCUT2D eigenvalue weighted by Gasteiger charge is -2.38. The molecule has 5 nitrogen and oxygen atoms in total. The molecule has 1 heterocycles. The molecule has 0 bridgehead atoms. The first-order chi connectivity index (χ1) is 12.3. The Balaban J connectivity index is 1.58. The summed E-state index contributed by atoms with van der Waals surface area (Å²) < 4.78 is 17.3. The van der Waals surface area contributed by atoms with Crippen LogP contribution in [0.1, 0.15) is 17.5 Å². The predicted molar refractivity (Wildman–Crippen MR) is 92.6 cm³/mol. The molecular weight excluding hydrogens is 320 g/mol. The first kappa shape index (κ1) is 18.0. The van der Waals surface area contributed by atoms with Crippen LogP contribution in [-0.4, -0.2) is 41.4 Å². The summed E-state index contributed by atoms with van der Waals surface area (Å²) in [6, 6.07) is 19.5. The summed E-state index contributed by atoms with van der Waals surface area (Å²) in [4.78, 5) is 0. The van der Waals surface area contributed by atoms with Crippen LogP contribution in [0.5, 0.6) is 0 Å². The summed E-state index contributed by atoms with van der Waals surface area (Å²) in [5, 5.41) is 20.0. The summed E-state index contributed by atoms with van der Waals surface area (Å²) in [5.74, 6) is 0. The van der Waals surface area contributed by atoms with E-state index in [0.717, 1.165) is 11.1 Å². The van der Waals surface area contributed by atoms with Gasteiger partial charge in [-0.25, -0.2) is 0 Å². The smallest absolute Gasteiger partial charge is 0.186 e. The van der Waals surface area contributed by atoms with E-state index in [0.29, 0.717) is 19.6 Å². The van der Waals surface area contributed by atoms with Crippen LogP contribution in [0.3, 0.4) is 0 Å². The van der Waals surface area contributed by atoms with Gasteiger partial charge in [-0.05, 0) is 11.1 Å². The van der Waals surface area contributed by atoms with Crippen molar-refractivity contribution in [2.75, 3.05) is 6.61 Å². The third-order valence-electron chi connectivity index (χ3n) is 4.25. The number of hydrogen-bond donors (Lipinski definition) is 2. The number of hydrogen-bond acceptors (Lipinski definition) is 5. The van der Waals surface area contributed by atoms with E-state index in [1.54, 1.807) is 0 Å². The molecule has 0 amide bonds. The molecule has 1 aliphatic rings. The molecule has 4 atom stereocenters. The zero-order valence-corrected chi connectivity index (χ0v) is 14.0. The average molecular weight is 344 g/mol. The van der Waals surface area contributed by atoms with Crippen LogP contribution < -0.4 is 0 Å². The monoisotopic (exact) mass is 344 g/mol. The van der Waals surface area contributed by atoms with Gasteiger partial charge in [0.15, 0.2) is 6.29 Å². The highest BCUT2D eigenvalue weighted by Gasteiger charge is 2.38. The van der Waals surface area contributed by atoms with Gasteiger partial charge in [-0.3, -0.25) is 0 Å². The second kappa shape index (κ2) is 9.08. The minimum atomic E-state index is -0.907. The third kappa shape index (κ3) is 5.11. The molecule has 2 aromatic carbocycles. The summed E-state index contributed by atoms with van der Waals surface area (Å²) in [6.45, 7) is 0.585. The molecule has 0 saturated carbocycles. The topological polar surface area (TPSA) is 68.2 Å². The molecule has 1 fully saturated rings. The van der Waals surface area contributed by atoms with Crippen molar-refractivity contribution in [1.29, 1.82) is 0 Å². The highest BCUT2D eigenvalue weighted by Crippen LogP contribution is 2.25. The molecule has 2 aromatic rings. The normalized spacial score (nSPS) is 26.5. The summed E-state index contributed by atoms with van der Waals surface area (Å²) >= 11 is 0. The Hall–Kier alpha value is -1.76. The van der Waals surface area contributed by atoms with Gasteiger partial charge in [0.2, 0.25) is 0 Å². The van der Waals surface area contributed by atoms with Crippen LogP contribution in [0.25, 0.3) is 0 Å². The SMILES string of the molecule is OCC1CC(OCc2ccccc2)C(O)C(OCc2ccccc2)O1. The van der Waals surface area contributed by atoms with E-state index in [1.807, 2.05) is 60.7 Å². The molecule has 4 unspecified atom stereocenters. The molecule has 0 radical (unpaired) electrons. The van der Waals surface area contributed by atoms with Gasteiger partial charge in [-0.2, -0.15) is 0 Å². The van der Waals surface area contributed by atoms with Gasteiger partial charge >= 0.3 is 0 Å². The molecule has 1 aliphatic heterocycles. The minimum Gasteiger partial charge on any atom is -0.394 e. The van der Waals surface area contributed by atoms with E-state index >= 15 is 0 Å². The van der Waals surface area contributed by atoms with Crippen molar-refractivity contribution in [3.05, 3.63) is 71.8 Å². The Morgan fingerprint density at radius 1 is 0.880 bits per heavy atom. The maximum atomic E-state index is 10.5. The van der Waals surface area contributed by atoms with Crippen molar-refractivity contribution in [2.45, 2.75) is 44.2 Å². The maximum absolute atomic E-state index is 10.5. The van der Waals surface area contributed by atoms with E-state index in [1.165, 1.54) is 0 Å². The predicted octanol–water partition coefficient (Wildman–Crippen LogP) is 2.26. The quantitative estimate of drug-likeness (QED) is 0.806. The number of rotatable bonds is 7. The third-order valence-corrected chi connectivity index (χ3v) is 4.25. The highest BCUT2D eigenvalue weighted by atomic mass is 16.7. The van der Waals surface area contributed by atoms with Crippen LogP contribution in [-0.2, 0) is 27.4 Å². The largest absolute Gasteiger partial charge is 0.394 e. The fraction of sp³-hybridized carbons (Fsp3) is 0.400.